The monoisotopic (exact) mass is 348 g/mol. The van der Waals surface area contributed by atoms with Crippen LogP contribution in [-0.2, 0) is 4.74 Å². The standard InChI is InChI=1S/C24H44O/c1-3-5-7-8-16-25-22-13-15-24-21(18-22)12-11-20-17-19(9-6-4-2)10-14-23(20)24/h19-24H,3-18H2,1-2H3. The fourth-order valence-electron chi connectivity index (χ4n) is 6.53. The van der Waals surface area contributed by atoms with Gasteiger partial charge in [0.25, 0.3) is 0 Å². The lowest BCUT2D eigenvalue weighted by molar-refractivity contribution is -0.0539. The molecule has 0 aromatic rings. The maximum absolute atomic E-state index is 6.28. The third-order valence-corrected chi connectivity index (χ3v) is 7.92. The zero-order valence-corrected chi connectivity index (χ0v) is 17.2. The van der Waals surface area contributed by atoms with Gasteiger partial charge in [0.2, 0.25) is 0 Å². The van der Waals surface area contributed by atoms with Crippen molar-refractivity contribution in [2.75, 3.05) is 6.61 Å². The van der Waals surface area contributed by atoms with E-state index in [2.05, 4.69) is 13.8 Å². The largest absolute Gasteiger partial charge is 0.378 e. The molecular weight excluding hydrogens is 304 g/mol. The Hall–Kier alpha value is -0.0400. The summed E-state index contributed by atoms with van der Waals surface area (Å²) in [5, 5.41) is 0. The first kappa shape index (κ1) is 19.7. The van der Waals surface area contributed by atoms with E-state index in [4.69, 9.17) is 4.74 Å². The van der Waals surface area contributed by atoms with Crippen LogP contribution >= 0.6 is 0 Å². The van der Waals surface area contributed by atoms with Crippen LogP contribution in [0, 0.1) is 29.6 Å². The number of hydrogen-bond acceptors (Lipinski definition) is 1. The SMILES string of the molecule is CCCCCCOC1CCC2C(CCC3CC(CCCC)CCC32)C1. The quantitative estimate of drug-likeness (QED) is 0.395. The summed E-state index contributed by atoms with van der Waals surface area (Å²) < 4.78 is 6.28. The highest BCUT2D eigenvalue weighted by atomic mass is 16.5. The summed E-state index contributed by atoms with van der Waals surface area (Å²) in [4.78, 5) is 0. The number of hydrogen-bond donors (Lipinski definition) is 0. The van der Waals surface area contributed by atoms with Gasteiger partial charge in [-0.1, -0.05) is 58.8 Å². The molecule has 1 heteroatoms. The molecule has 0 spiro atoms. The van der Waals surface area contributed by atoms with E-state index in [-0.39, 0.29) is 0 Å². The van der Waals surface area contributed by atoms with Crippen LogP contribution in [0.15, 0.2) is 0 Å². The van der Waals surface area contributed by atoms with Crippen molar-refractivity contribution in [2.45, 2.75) is 116 Å². The molecule has 0 aromatic heterocycles. The van der Waals surface area contributed by atoms with Gasteiger partial charge in [-0.2, -0.15) is 0 Å². The molecule has 0 N–H and O–H groups in total. The van der Waals surface area contributed by atoms with E-state index in [0.29, 0.717) is 6.10 Å². The normalized spacial score (nSPS) is 38.2. The Labute approximate surface area is 157 Å². The van der Waals surface area contributed by atoms with Crippen molar-refractivity contribution in [3.05, 3.63) is 0 Å². The highest BCUT2D eigenvalue weighted by Gasteiger charge is 2.44. The summed E-state index contributed by atoms with van der Waals surface area (Å²) >= 11 is 0. The minimum atomic E-state index is 0.598. The Kier molecular flexibility index (Phi) is 8.15. The molecule has 0 amide bonds. The molecule has 0 bridgehead atoms. The number of ether oxygens (including phenoxy) is 1. The van der Waals surface area contributed by atoms with Crippen molar-refractivity contribution < 1.29 is 4.74 Å². The van der Waals surface area contributed by atoms with E-state index in [1.165, 1.54) is 77.0 Å². The number of unbranched alkanes of at least 4 members (excludes halogenated alkanes) is 4. The highest BCUT2D eigenvalue weighted by Crippen LogP contribution is 2.53. The van der Waals surface area contributed by atoms with E-state index in [1.807, 2.05) is 0 Å². The highest BCUT2D eigenvalue weighted by molar-refractivity contribution is 4.94. The van der Waals surface area contributed by atoms with Crippen LogP contribution in [-0.4, -0.2) is 12.7 Å². The van der Waals surface area contributed by atoms with Crippen LogP contribution in [0.2, 0.25) is 0 Å². The van der Waals surface area contributed by atoms with E-state index >= 15 is 0 Å². The molecule has 0 radical (unpaired) electrons. The molecule has 1 nitrogen and oxygen atoms in total. The lowest BCUT2D eigenvalue weighted by Crippen LogP contribution is -2.42. The summed E-state index contributed by atoms with van der Waals surface area (Å²) in [5.41, 5.74) is 0. The molecule has 3 aliphatic rings. The predicted molar refractivity (Wildman–Crippen MR) is 108 cm³/mol. The fraction of sp³-hybridized carbons (Fsp3) is 1.00. The fourth-order valence-corrected chi connectivity index (χ4v) is 6.53. The van der Waals surface area contributed by atoms with Crippen molar-refractivity contribution in [3.8, 4) is 0 Å². The van der Waals surface area contributed by atoms with Crippen molar-refractivity contribution in [3.63, 3.8) is 0 Å². The third-order valence-electron chi connectivity index (χ3n) is 7.92. The zero-order valence-electron chi connectivity index (χ0n) is 17.2. The first-order valence-corrected chi connectivity index (χ1v) is 11.9. The second-order valence-corrected chi connectivity index (χ2v) is 9.61. The topological polar surface area (TPSA) is 9.23 Å². The Morgan fingerprint density at radius 3 is 2.16 bits per heavy atom. The molecule has 3 aliphatic carbocycles. The Balaban J connectivity index is 1.41. The van der Waals surface area contributed by atoms with Gasteiger partial charge in [-0.3, -0.25) is 0 Å². The minimum Gasteiger partial charge on any atom is -0.378 e. The first-order valence-electron chi connectivity index (χ1n) is 11.9. The zero-order chi connectivity index (χ0) is 17.5. The van der Waals surface area contributed by atoms with Gasteiger partial charge in [0, 0.05) is 6.61 Å². The van der Waals surface area contributed by atoms with Gasteiger partial charge >= 0.3 is 0 Å². The van der Waals surface area contributed by atoms with Gasteiger partial charge in [-0.15, -0.1) is 0 Å². The summed E-state index contributed by atoms with van der Waals surface area (Å²) in [5.74, 6) is 5.31. The Morgan fingerprint density at radius 2 is 1.40 bits per heavy atom. The molecule has 0 aromatic carbocycles. The molecule has 0 aliphatic heterocycles. The van der Waals surface area contributed by atoms with E-state index in [1.54, 1.807) is 19.3 Å². The van der Waals surface area contributed by atoms with Crippen LogP contribution in [0.3, 0.4) is 0 Å². The lowest BCUT2D eigenvalue weighted by atomic mass is 9.56. The average molecular weight is 349 g/mol. The number of fused-ring (bicyclic) bond motifs is 3. The number of rotatable bonds is 9. The smallest absolute Gasteiger partial charge is 0.0578 e. The van der Waals surface area contributed by atoms with E-state index < -0.39 is 0 Å². The Morgan fingerprint density at radius 1 is 0.680 bits per heavy atom. The molecule has 6 unspecified atom stereocenters. The molecule has 3 rings (SSSR count). The van der Waals surface area contributed by atoms with E-state index in [0.717, 1.165) is 36.2 Å². The second kappa shape index (κ2) is 10.3. The second-order valence-electron chi connectivity index (χ2n) is 9.61. The van der Waals surface area contributed by atoms with Crippen LogP contribution in [0.5, 0.6) is 0 Å². The van der Waals surface area contributed by atoms with Gasteiger partial charge in [0.15, 0.2) is 0 Å². The predicted octanol–water partition coefficient (Wildman–Crippen LogP) is 7.38. The molecule has 0 saturated heterocycles. The van der Waals surface area contributed by atoms with Crippen LogP contribution in [0.4, 0.5) is 0 Å². The molecule has 146 valence electrons. The van der Waals surface area contributed by atoms with Crippen LogP contribution < -0.4 is 0 Å². The van der Waals surface area contributed by atoms with Crippen molar-refractivity contribution in [1.82, 2.24) is 0 Å². The molecule has 0 heterocycles. The van der Waals surface area contributed by atoms with E-state index in [9.17, 15) is 0 Å². The molecule has 3 fully saturated rings. The maximum atomic E-state index is 6.28. The van der Waals surface area contributed by atoms with Gasteiger partial charge < -0.3 is 4.74 Å². The maximum Gasteiger partial charge on any atom is 0.0578 e. The lowest BCUT2D eigenvalue weighted by Gasteiger charge is -2.50. The molecule has 3 saturated carbocycles. The summed E-state index contributed by atoms with van der Waals surface area (Å²) in [6, 6.07) is 0. The van der Waals surface area contributed by atoms with Gasteiger partial charge in [0.1, 0.15) is 0 Å². The molecule has 25 heavy (non-hydrogen) atoms. The van der Waals surface area contributed by atoms with Gasteiger partial charge in [-0.25, -0.2) is 0 Å². The molecular formula is C24H44O. The van der Waals surface area contributed by atoms with Crippen molar-refractivity contribution in [2.24, 2.45) is 29.6 Å². The first-order chi connectivity index (χ1) is 12.3. The van der Waals surface area contributed by atoms with Crippen molar-refractivity contribution >= 4 is 0 Å². The Bertz CT molecular complexity index is 365. The van der Waals surface area contributed by atoms with Gasteiger partial charge in [-0.05, 0) is 81.0 Å². The third kappa shape index (κ3) is 5.47. The van der Waals surface area contributed by atoms with Crippen molar-refractivity contribution in [1.29, 1.82) is 0 Å². The van der Waals surface area contributed by atoms with Crippen LogP contribution in [0.1, 0.15) is 110 Å². The summed E-state index contributed by atoms with van der Waals surface area (Å²) in [6.07, 6.45) is 22.3. The minimum absolute atomic E-state index is 0.598. The summed E-state index contributed by atoms with van der Waals surface area (Å²) in [6.45, 7) is 5.66. The van der Waals surface area contributed by atoms with Crippen LogP contribution in [0.25, 0.3) is 0 Å². The summed E-state index contributed by atoms with van der Waals surface area (Å²) in [7, 11) is 0. The average Bonchev–Trinajstić information content (AvgIpc) is 2.65. The van der Waals surface area contributed by atoms with Gasteiger partial charge in [0.05, 0.1) is 6.10 Å². The molecule has 6 atom stereocenters.